The molecular weight excluding hydrogens is 288 g/mol. The fraction of sp³-hybridized carbons (Fsp3) is 0.286. The summed E-state index contributed by atoms with van der Waals surface area (Å²) in [6, 6.07) is 7.71. The van der Waals surface area contributed by atoms with Crippen LogP contribution in [0.5, 0.6) is 0 Å². The molecular formula is C14H14N4O2S. The Labute approximate surface area is 125 Å². The lowest BCUT2D eigenvalue weighted by molar-refractivity contribution is -0.122. The highest BCUT2D eigenvalue weighted by molar-refractivity contribution is 7.13. The van der Waals surface area contributed by atoms with Crippen molar-refractivity contribution in [1.82, 2.24) is 10.2 Å². The van der Waals surface area contributed by atoms with Gasteiger partial charge in [-0.05, 0) is 19.1 Å². The molecule has 1 atom stereocenters. The number of hydrogen-bond acceptors (Lipinski definition) is 5. The Balaban J connectivity index is 1.69. The second kappa shape index (κ2) is 5.61. The molecule has 1 saturated heterocycles. The van der Waals surface area contributed by atoms with Crippen molar-refractivity contribution in [3.8, 4) is 0 Å². The molecule has 1 aromatic carbocycles. The molecule has 0 bridgehead atoms. The van der Waals surface area contributed by atoms with E-state index in [0.29, 0.717) is 11.7 Å². The van der Waals surface area contributed by atoms with Gasteiger partial charge in [0.2, 0.25) is 16.9 Å². The Morgan fingerprint density at radius 1 is 1.38 bits per heavy atom. The summed E-state index contributed by atoms with van der Waals surface area (Å²) in [5.41, 5.74) is 3.52. The van der Waals surface area contributed by atoms with Crippen LogP contribution in [-0.4, -0.2) is 28.6 Å². The number of nitrogens with zero attached hydrogens (tertiary/aromatic N) is 3. The quantitative estimate of drug-likeness (QED) is 0.938. The molecule has 1 aliphatic heterocycles. The second-order valence-corrected chi connectivity index (χ2v) is 5.81. The highest BCUT2D eigenvalue weighted by atomic mass is 32.1. The van der Waals surface area contributed by atoms with E-state index in [1.807, 2.05) is 31.2 Å². The van der Waals surface area contributed by atoms with Crippen LogP contribution in [0.4, 0.5) is 10.8 Å². The summed E-state index contributed by atoms with van der Waals surface area (Å²) in [6.45, 7) is 2.39. The highest BCUT2D eigenvalue weighted by Gasteiger charge is 2.35. The molecule has 3 rings (SSSR count). The first kappa shape index (κ1) is 13.7. The van der Waals surface area contributed by atoms with Crippen molar-refractivity contribution in [2.45, 2.75) is 13.3 Å². The Morgan fingerprint density at radius 2 is 2.14 bits per heavy atom. The summed E-state index contributed by atoms with van der Waals surface area (Å²) in [4.78, 5) is 25.9. The minimum absolute atomic E-state index is 0.0312. The molecule has 0 saturated carbocycles. The van der Waals surface area contributed by atoms with Gasteiger partial charge in [-0.15, -0.1) is 10.2 Å². The van der Waals surface area contributed by atoms with Crippen molar-refractivity contribution in [3.63, 3.8) is 0 Å². The topological polar surface area (TPSA) is 75.2 Å². The zero-order chi connectivity index (χ0) is 14.8. The zero-order valence-electron chi connectivity index (χ0n) is 11.4. The summed E-state index contributed by atoms with van der Waals surface area (Å²) < 4.78 is 0. The van der Waals surface area contributed by atoms with Gasteiger partial charge >= 0.3 is 0 Å². The fourth-order valence-electron chi connectivity index (χ4n) is 2.29. The Hall–Kier alpha value is -2.28. The fourth-order valence-corrected chi connectivity index (χ4v) is 2.74. The van der Waals surface area contributed by atoms with E-state index < -0.39 is 0 Å². The predicted molar refractivity (Wildman–Crippen MR) is 80.2 cm³/mol. The van der Waals surface area contributed by atoms with Gasteiger partial charge in [-0.3, -0.25) is 9.59 Å². The van der Waals surface area contributed by atoms with Gasteiger partial charge in [0, 0.05) is 18.7 Å². The number of carbonyl (C=O) groups excluding carboxylic acids is 2. The first-order valence-corrected chi connectivity index (χ1v) is 7.45. The van der Waals surface area contributed by atoms with Gasteiger partial charge in [0.1, 0.15) is 5.51 Å². The normalized spacial score (nSPS) is 18.0. The number of carbonyl (C=O) groups is 2. The predicted octanol–water partition coefficient (Wildman–Crippen LogP) is 1.84. The maximum absolute atomic E-state index is 12.1. The molecule has 2 heterocycles. The summed E-state index contributed by atoms with van der Waals surface area (Å²) in [7, 11) is 0. The smallest absolute Gasteiger partial charge is 0.231 e. The maximum Gasteiger partial charge on any atom is 0.231 e. The van der Waals surface area contributed by atoms with Crippen molar-refractivity contribution in [2.24, 2.45) is 5.92 Å². The average molecular weight is 302 g/mol. The summed E-state index contributed by atoms with van der Waals surface area (Å²) >= 11 is 1.26. The summed E-state index contributed by atoms with van der Waals surface area (Å²) in [5.74, 6) is -0.575. The van der Waals surface area contributed by atoms with Crippen molar-refractivity contribution in [1.29, 1.82) is 0 Å². The van der Waals surface area contributed by atoms with Crippen molar-refractivity contribution in [3.05, 3.63) is 35.3 Å². The number of aryl methyl sites for hydroxylation is 1. The third kappa shape index (κ3) is 2.92. The van der Waals surface area contributed by atoms with Crippen LogP contribution in [0.3, 0.4) is 0 Å². The monoisotopic (exact) mass is 302 g/mol. The number of hydrogen-bond donors (Lipinski definition) is 1. The number of anilines is 2. The molecule has 1 aromatic heterocycles. The molecule has 0 spiro atoms. The second-order valence-electron chi connectivity index (χ2n) is 4.97. The standard InChI is InChI=1S/C14H14N4O2S/c1-9-2-4-11(5-3-9)18-7-10(6-12(18)19)13(20)16-14-17-15-8-21-14/h2-5,8,10H,6-7H2,1H3,(H,16,17,20). The zero-order valence-corrected chi connectivity index (χ0v) is 12.3. The van der Waals surface area contributed by atoms with Gasteiger partial charge in [-0.25, -0.2) is 0 Å². The Kier molecular flexibility index (Phi) is 3.66. The summed E-state index contributed by atoms with van der Waals surface area (Å²) in [5, 5.41) is 10.6. The van der Waals surface area contributed by atoms with Crippen LogP contribution in [0, 0.1) is 12.8 Å². The first-order chi connectivity index (χ1) is 10.1. The van der Waals surface area contributed by atoms with E-state index in [2.05, 4.69) is 15.5 Å². The number of nitrogens with one attached hydrogen (secondary N) is 1. The molecule has 108 valence electrons. The SMILES string of the molecule is Cc1ccc(N2CC(C(=O)Nc3nncs3)CC2=O)cc1. The van der Waals surface area contributed by atoms with Crippen LogP contribution in [-0.2, 0) is 9.59 Å². The van der Waals surface area contributed by atoms with Crippen molar-refractivity contribution >= 4 is 34.0 Å². The van der Waals surface area contributed by atoms with Crippen LogP contribution < -0.4 is 10.2 Å². The minimum atomic E-state index is -0.359. The Morgan fingerprint density at radius 3 is 2.81 bits per heavy atom. The number of benzene rings is 1. The summed E-state index contributed by atoms with van der Waals surface area (Å²) in [6.07, 6.45) is 0.221. The van der Waals surface area contributed by atoms with Gasteiger partial charge in [0.15, 0.2) is 0 Å². The van der Waals surface area contributed by atoms with Crippen molar-refractivity contribution in [2.75, 3.05) is 16.8 Å². The van der Waals surface area contributed by atoms with E-state index >= 15 is 0 Å². The third-order valence-corrected chi connectivity index (χ3v) is 4.04. The molecule has 6 nitrogen and oxygen atoms in total. The Bertz CT molecular complexity index is 654. The van der Waals surface area contributed by atoms with Gasteiger partial charge in [-0.1, -0.05) is 29.0 Å². The number of rotatable bonds is 3. The third-order valence-electron chi connectivity index (χ3n) is 3.43. The maximum atomic E-state index is 12.1. The van der Waals surface area contributed by atoms with Crippen LogP contribution in [0.2, 0.25) is 0 Å². The first-order valence-electron chi connectivity index (χ1n) is 6.57. The molecule has 2 amide bonds. The van der Waals surface area contributed by atoms with Crippen LogP contribution in [0.25, 0.3) is 0 Å². The van der Waals surface area contributed by atoms with Gasteiger partial charge in [-0.2, -0.15) is 0 Å². The van der Waals surface area contributed by atoms with E-state index in [1.165, 1.54) is 11.3 Å². The lowest BCUT2D eigenvalue weighted by Crippen LogP contribution is -2.28. The molecule has 1 unspecified atom stereocenters. The molecule has 21 heavy (non-hydrogen) atoms. The number of amides is 2. The van der Waals surface area contributed by atoms with Gasteiger partial charge < -0.3 is 10.2 Å². The van der Waals surface area contributed by atoms with E-state index in [0.717, 1.165) is 11.3 Å². The van der Waals surface area contributed by atoms with E-state index in [1.54, 1.807) is 10.4 Å². The largest absolute Gasteiger partial charge is 0.312 e. The van der Waals surface area contributed by atoms with Gasteiger partial charge in [0.05, 0.1) is 5.92 Å². The molecule has 7 heteroatoms. The molecule has 1 aliphatic rings. The van der Waals surface area contributed by atoms with E-state index in [9.17, 15) is 9.59 Å². The molecule has 0 aliphatic carbocycles. The number of aromatic nitrogens is 2. The molecule has 1 fully saturated rings. The van der Waals surface area contributed by atoms with Crippen molar-refractivity contribution < 1.29 is 9.59 Å². The highest BCUT2D eigenvalue weighted by Crippen LogP contribution is 2.26. The van der Waals surface area contributed by atoms with Gasteiger partial charge in [0.25, 0.3) is 0 Å². The average Bonchev–Trinajstić information content (AvgIpc) is 3.09. The van der Waals surface area contributed by atoms with Crippen LogP contribution in [0.15, 0.2) is 29.8 Å². The minimum Gasteiger partial charge on any atom is -0.312 e. The lowest BCUT2D eigenvalue weighted by Gasteiger charge is -2.16. The van der Waals surface area contributed by atoms with Crippen LogP contribution in [0.1, 0.15) is 12.0 Å². The lowest BCUT2D eigenvalue weighted by atomic mass is 10.1. The van der Waals surface area contributed by atoms with E-state index in [-0.39, 0.29) is 24.2 Å². The molecule has 0 radical (unpaired) electrons. The molecule has 1 N–H and O–H groups in total. The van der Waals surface area contributed by atoms with Crippen LogP contribution >= 0.6 is 11.3 Å². The molecule has 2 aromatic rings. The van der Waals surface area contributed by atoms with E-state index in [4.69, 9.17) is 0 Å².